The first-order valence-electron chi connectivity index (χ1n) is 45.1. The Morgan fingerprint density at radius 1 is 0.188 bits per heavy atom. The van der Waals surface area contributed by atoms with Gasteiger partial charge in [-0.1, -0.05) is 309 Å². The molecule has 0 N–H and O–H groups in total. The van der Waals surface area contributed by atoms with Crippen LogP contribution in [-0.2, 0) is 0 Å². The highest BCUT2D eigenvalue weighted by atomic mass is 32.1. The Morgan fingerprint density at radius 2 is 0.486 bits per heavy atom. The summed E-state index contributed by atoms with van der Waals surface area (Å²) in [6, 6.07) is 149. The summed E-state index contributed by atoms with van der Waals surface area (Å²) in [5.41, 5.74) is 18.2. The van der Waals surface area contributed by atoms with Crippen molar-refractivity contribution >= 4 is 160 Å². The van der Waals surface area contributed by atoms with Gasteiger partial charge >= 0.3 is 0 Å². The molecule has 0 aliphatic heterocycles. The van der Waals surface area contributed by atoms with Crippen LogP contribution in [-0.4, -0.2) is 58.6 Å². The number of benzene rings is 18. The van der Waals surface area contributed by atoms with Gasteiger partial charge in [-0.05, 0) is 109 Å². The third-order valence-corrected chi connectivity index (χ3v) is 29.0. The summed E-state index contributed by atoms with van der Waals surface area (Å²) in [6.07, 6.45) is 0. The lowest BCUT2D eigenvalue weighted by molar-refractivity contribution is 1.07. The van der Waals surface area contributed by atoms with Crippen molar-refractivity contribution in [2.24, 2.45) is 0 Å². The van der Waals surface area contributed by atoms with E-state index in [9.17, 15) is 15.8 Å². The Kier molecular flexibility index (Phi) is 20.2. The Morgan fingerprint density at radius 3 is 0.899 bits per heavy atom. The summed E-state index contributed by atoms with van der Waals surface area (Å²) >= 11 is 5.43. The lowest BCUT2D eigenvalue weighted by Crippen LogP contribution is -2.02. The molecule has 27 rings (SSSR count). The molecule has 0 aliphatic carbocycles. The van der Waals surface area contributed by atoms with E-state index >= 15 is 0 Å². The van der Waals surface area contributed by atoms with Crippen molar-refractivity contribution in [1.82, 2.24) is 58.6 Å². The zero-order valence-electron chi connectivity index (χ0n) is 73.3. The van der Waals surface area contributed by atoms with Gasteiger partial charge in [0, 0.05) is 155 Å². The van der Waals surface area contributed by atoms with Crippen LogP contribution in [0.3, 0.4) is 0 Å². The van der Waals surface area contributed by atoms with Gasteiger partial charge in [0.05, 0.1) is 72.7 Å². The number of hydrogen-bond donors (Lipinski definition) is 0. The summed E-state index contributed by atoms with van der Waals surface area (Å²) in [4.78, 5) is 43.8. The van der Waals surface area contributed by atoms with Crippen LogP contribution in [0, 0.1) is 34.0 Å². The topological polar surface area (TPSA) is 202 Å². The highest BCUT2D eigenvalue weighted by Crippen LogP contribution is 2.48. The lowest BCUT2D eigenvalue weighted by Gasteiger charge is -2.13. The molecule has 642 valence electrons. The van der Waals surface area contributed by atoms with E-state index in [1.807, 2.05) is 252 Å². The van der Waals surface area contributed by atoms with E-state index in [4.69, 9.17) is 44.9 Å². The number of nitriles is 3. The van der Waals surface area contributed by atoms with Crippen LogP contribution in [0.1, 0.15) is 16.7 Å². The zero-order chi connectivity index (χ0) is 91.8. The molecule has 0 saturated carbocycles. The highest BCUT2D eigenvalue weighted by molar-refractivity contribution is 7.27. The fraction of sp³-hybridized carbons (Fsp3) is 0. The minimum atomic E-state index is 0.462. The number of rotatable bonds is 12. The van der Waals surface area contributed by atoms with E-state index in [0.717, 1.165) is 83.5 Å². The molecule has 0 amide bonds. The molecule has 138 heavy (non-hydrogen) atoms. The van der Waals surface area contributed by atoms with Gasteiger partial charge in [-0.15, -0.1) is 34.0 Å². The highest BCUT2D eigenvalue weighted by Gasteiger charge is 2.27. The van der Waals surface area contributed by atoms with Crippen LogP contribution < -0.4 is 0 Å². The van der Waals surface area contributed by atoms with E-state index < -0.39 is 0 Å². The third-order valence-electron chi connectivity index (χ3n) is 25.5. The largest absolute Gasteiger partial charge is 0.309 e. The third kappa shape index (κ3) is 14.3. The summed E-state index contributed by atoms with van der Waals surface area (Å²) in [5.74, 6) is 4.76. The molecule has 18 heteroatoms. The molecule has 0 fully saturated rings. The van der Waals surface area contributed by atoms with E-state index in [-0.39, 0.29) is 0 Å². The quantitative estimate of drug-likeness (QED) is 0.112. The molecule has 0 saturated heterocycles. The maximum absolute atomic E-state index is 10.6. The van der Waals surface area contributed by atoms with Crippen LogP contribution in [0.2, 0.25) is 0 Å². The predicted octanol–water partition coefficient (Wildman–Crippen LogP) is 30.6. The van der Waals surface area contributed by atoms with E-state index in [0.29, 0.717) is 85.8 Å². The van der Waals surface area contributed by atoms with Gasteiger partial charge < -0.3 is 13.7 Å². The Bertz CT molecular complexity index is 9520. The summed E-state index contributed by atoms with van der Waals surface area (Å²) < 4.78 is 14.4. The average Bonchev–Trinajstić information content (AvgIpc) is 1.56. The molecule has 0 bridgehead atoms. The number of para-hydroxylation sites is 3. The fourth-order valence-corrected chi connectivity index (χ4v) is 22.6. The van der Waals surface area contributed by atoms with Crippen LogP contribution >= 0.6 is 34.0 Å². The van der Waals surface area contributed by atoms with Gasteiger partial charge in [-0.2, -0.15) is 15.8 Å². The maximum atomic E-state index is 10.6. The minimum Gasteiger partial charge on any atom is -0.309 e. The molecular weight excluding hydrogens is 1750 g/mol. The molecule has 0 radical (unpaired) electrons. The van der Waals surface area contributed by atoms with Crippen molar-refractivity contribution in [2.75, 3.05) is 0 Å². The first-order chi connectivity index (χ1) is 68.3. The van der Waals surface area contributed by atoms with Gasteiger partial charge in [-0.25, -0.2) is 44.9 Å². The normalized spacial score (nSPS) is 11.5. The Balaban J connectivity index is 0.000000110. The molecule has 27 aromatic rings. The van der Waals surface area contributed by atoms with E-state index in [2.05, 4.69) is 232 Å². The molecule has 15 nitrogen and oxygen atoms in total. The van der Waals surface area contributed by atoms with Crippen LogP contribution in [0.5, 0.6) is 0 Å². The molecule has 0 atom stereocenters. The van der Waals surface area contributed by atoms with Gasteiger partial charge in [0.15, 0.2) is 52.4 Å². The number of fused-ring (bicyclic) bond motifs is 20. The SMILES string of the molecule is N#Cc1cc(-n2c3ccccc3c3cc4c(cc32)sc2ccccc24)ccc1-c1nc(-c2ccccc2)nc(-c2ccccc2)n1.N#Cc1cc(-n2c3ccccc3c3ccc4c5ccccc5sc4c32)ccc1-c1nc(-c2ccccc2)nc(-c2ccccc2)n1.N#Cc1cc(-n2c3ccccc3c3ccc4sc5ccccc5c4c32)ccc1-c1nc(-c2ccccc2)nc(-c2ccccc2)n1. The monoisotopic (exact) mass is 1820 g/mol. The number of hydrogen-bond acceptors (Lipinski definition) is 15. The van der Waals surface area contributed by atoms with Gasteiger partial charge in [0.1, 0.15) is 0 Å². The lowest BCUT2D eigenvalue weighted by atomic mass is 10.1. The molecular formula is C120H69N15S3. The fourth-order valence-electron chi connectivity index (χ4n) is 19.2. The second-order valence-corrected chi connectivity index (χ2v) is 36.8. The number of thiophene rings is 3. The summed E-state index contributed by atoms with van der Waals surface area (Å²) in [6.45, 7) is 0. The average molecular weight is 1820 g/mol. The molecule has 0 aliphatic rings. The molecule has 18 aromatic carbocycles. The predicted molar refractivity (Wildman–Crippen MR) is 564 cm³/mol. The van der Waals surface area contributed by atoms with Crippen LogP contribution in [0.25, 0.3) is 245 Å². The first-order valence-corrected chi connectivity index (χ1v) is 47.5. The number of nitrogens with zero attached hydrogens (tertiary/aromatic N) is 15. The van der Waals surface area contributed by atoms with Gasteiger partial charge in [0.25, 0.3) is 0 Å². The Labute approximate surface area is 801 Å². The first kappa shape index (κ1) is 81.5. The van der Waals surface area contributed by atoms with Crippen LogP contribution in [0.15, 0.2) is 419 Å². The van der Waals surface area contributed by atoms with Gasteiger partial charge in [0.2, 0.25) is 0 Å². The molecule has 0 spiro atoms. The maximum Gasteiger partial charge on any atom is 0.165 e. The number of aromatic nitrogens is 12. The van der Waals surface area contributed by atoms with Crippen molar-refractivity contribution < 1.29 is 0 Å². The zero-order valence-corrected chi connectivity index (χ0v) is 75.7. The molecule has 9 heterocycles. The molecule has 0 unspecified atom stereocenters. The van der Waals surface area contributed by atoms with Crippen molar-refractivity contribution in [1.29, 1.82) is 15.8 Å². The second-order valence-electron chi connectivity index (χ2n) is 33.5. The Hall–Kier alpha value is -18.5. The van der Waals surface area contributed by atoms with E-state index in [1.54, 1.807) is 0 Å². The van der Waals surface area contributed by atoms with Crippen LogP contribution in [0.4, 0.5) is 0 Å². The van der Waals surface area contributed by atoms with Crippen molar-refractivity contribution in [3.63, 3.8) is 0 Å². The van der Waals surface area contributed by atoms with Crippen molar-refractivity contribution in [2.45, 2.75) is 0 Å². The summed E-state index contributed by atoms with van der Waals surface area (Å²) in [7, 11) is 0. The molecule has 9 aromatic heterocycles. The summed E-state index contributed by atoms with van der Waals surface area (Å²) in [5, 5.41) is 46.2. The van der Waals surface area contributed by atoms with Gasteiger partial charge in [-0.3, -0.25) is 0 Å². The second kappa shape index (κ2) is 34.3. The minimum absolute atomic E-state index is 0.462. The van der Waals surface area contributed by atoms with Crippen molar-refractivity contribution in [3.05, 3.63) is 435 Å². The van der Waals surface area contributed by atoms with E-state index in [1.165, 1.54) is 92.8 Å². The van der Waals surface area contributed by atoms with Crippen molar-refractivity contribution in [3.8, 4) is 138 Å². The smallest absolute Gasteiger partial charge is 0.165 e. The standard InChI is InChI=1S/3C40H23N5S/c41-24-27-21-28(19-20-29(27)40-43-38(25-11-3-1-4-12-25)42-39(44-40)26-13-5-2-6-14-26)45-34-17-9-7-15-30(34)32-22-33-31-16-8-10-18-36(31)46-37(33)23-35(32)45;41-24-27-23-28(19-20-29(27)40-43-38(25-11-3-1-4-12-25)42-39(44-40)26-13-5-2-6-14-26)45-33-17-9-7-15-30(33)31-21-22-35-36(37(31)45)32-16-8-10-18-34(32)46-35;41-24-27-23-28(19-20-29(27)40-43-38(25-11-3-1-4-12-25)42-39(44-40)26-13-5-2-6-14-26)45-34-17-9-7-15-30(34)32-21-22-33-31-16-8-10-18-35(31)46-37(33)36(32)45/h3*1-23H.